The van der Waals surface area contributed by atoms with Crippen LogP contribution in [0.25, 0.3) is 11.0 Å². The van der Waals surface area contributed by atoms with E-state index in [1.165, 1.54) is 0 Å². The number of hydrogen-bond donors (Lipinski definition) is 0. The highest BCUT2D eigenvalue weighted by Gasteiger charge is 2.06. The van der Waals surface area contributed by atoms with Crippen molar-refractivity contribution in [3.05, 3.63) is 35.1 Å². The SMILES string of the molecule is Cc1oc2ccc(C=O)cc2c1C. The van der Waals surface area contributed by atoms with E-state index >= 15 is 0 Å². The summed E-state index contributed by atoms with van der Waals surface area (Å²) in [5.74, 6) is 0.915. The van der Waals surface area contributed by atoms with Crippen molar-refractivity contribution in [2.24, 2.45) is 0 Å². The standard InChI is InChI=1S/C11H10O2/c1-7-8(2)13-11-4-3-9(6-12)5-10(7)11/h3-6H,1-2H3. The number of aldehydes is 1. The third-order valence-corrected chi connectivity index (χ3v) is 2.33. The molecule has 0 bridgehead atoms. The average molecular weight is 174 g/mol. The molecule has 0 aliphatic heterocycles. The summed E-state index contributed by atoms with van der Waals surface area (Å²) in [7, 11) is 0. The summed E-state index contributed by atoms with van der Waals surface area (Å²) in [6.07, 6.45) is 0.848. The van der Waals surface area contributed by atoms with E-state index in [0.717, 1.165) is 28.6 Å². The van der Waals surface area contributed by atoms with Gasteiger partial charge in [0.1, 0.15) is 17.6 Å². The van der Waals surface area contributed by atoms with E-state index in [4.69, 9.17) is 4.42 Å². The lowest BCUT2D eigenvalue weighted by molar-refractivity contribution is 0.112. The number of benzene rings is 1. The first kappa shape index (κ1) is 8.05. The zero-order valence-electron chi connectivity index (χ0n) is 7.63. The molecule has 0 amide bonds. The lowest BCUT2D eigenvalue weighted by atomic mass is 10.1. The minimum absolute atomic E-state index is 0.691. The Hall–Kier alpha value is -1.57. The maximum Gasteiger partial charge on any atom is 0.150 e. The maximum atomic E-state index is 10.5. The summed E-state index contributed by atoms with van der Waals surface area (Å²) in [5.41, 5.74) is 2.65. The molecular weight excluding hydrogens is 164 g/mol. The Labute approximate surface area is 76.2 Å². The molecule has 2 heteroatoms. The lowest BCUT2D eigenvalue weighted by Crippen LogP contribution is -1.78. The van der Waals surface area contributed by atoms with Gasteiger partial charge < -0.3 is 4.42 Å². The van der Waals surface area contributed by atoms with Crippen LogP contribution in [0.4, 0.5) is 0 Å². The summed E-state index contributed by atoms with van der Waals surface area (Å²) < 4.78 is 5.48. The van der Waals surface area contributed by atoms with E-state index in [9.17, 15) is 4.79 Å². The molecule has 13 heavy (non-hydrogen) atoms. The third-order valence-electron chi connectivity index (χ3n) is 2.33. The normalized spacial score (nSPS) is 10.6. The largest absolute Gasteiger partial charge is 0.461 e. The molecule has 1 aromatic carbocycles. The van der Waals surface area contributed by atoms with Crippen molar-refractivity contribution in [3.8, 4) is 0 Å². The first-order chi connectivity index (χ1) is 6.22. The van der Waals surface area contributed by atoms with Crippen molar-refractivity contribution in [2.75, 3.05) is 0 Å². The Kier molecular flexibility index (Phi) is 1.69. The third kappa shape index (κ3) is 1.15. The summed E-state index contributed by atoms with van der Waals surface area (Å²) in [6.45, 7) is 3.92. The highest BCUT2D eigenvalue weighted by atomic mass is 16.3. The highest BCUT2D eigenvalue weighted by Crippen LogP contribution is 2.24. The monoisotopic (exact) mass is 174 g/mol. The number of carbonyl (C=O) groups excluding carboxylic acids is 1. The molecule has 1 heterocycles. The number of aryl methyl sites for hydroxylation is 2. The minimum atomic E-state index is 0.691. The quantitative estimate of drug-likeness (QED) is 0.622. The number of furan rings is 1. The Morgan fingerprint density at radius 1 is 1.31 bits per heavy atom. The molecule has 0 spiro atoms. The number of rotatable bonds is 1. The van der Waals surface area contributed by atoms with Gasteiger partial charge in [0, 0.05) is 10.9 Å². The van der Waals surface area contributed by atoms with Crippen LogP contribution in [0, 0.1) is 13.8 Å². The first-order valence-electron chi connectivity index (χ1n) is 4.17. The zero-order chi connectivity index (χ0) is 9.42. The van der Waals surface area contributed by atoms with Gasteiger partial charge in [-0.05, 0) is 37.6 Å². The Morgan fingerprint density at radius 3 is 2.77 bits per heavy atom. The summed E-state index contributed by atoms with van der Waals surface area (Å²) in [6, 6.07) is 5.45. The molecule has 0 N–H and O–H groups in total. The number of fused-ring (bicyclic) bond motifs is 1. The Balaban J connectivity index is 2.81. The molecule has 0 aliphatic rings. The Morgan fingerprint density at radius 2 is 2.08 bits per heavy atom. The van der Waals surface area contributed by atoms with Gasteiger partial charge in [-0.15, -0.1) is 0 Å². The summed E-state index contributed by atoms with van der Waals surface area (Å²) in [4.78, 5) is 10.5. The fraction of sp³-hybridized carbons (Fsp3) is 0.182. The molecule has 2 aromatic rings. The van der Waals surface area contributed by atoms with Crippen LogP contribution in [0.1, 0.15) is 21.7 Å². The van der Waals surface area contributed by atoms with Crippen molar-refractivity contribution in [1.82, 2.24) is 0 Å². The summed E-state index contributed by atoms with van der Waals surface area (Å²) >= 11 is 0. The van der Waals surface area contributed by atoms with Gasteiger partial charge in [0.15, 0.2) is 0 Å². The molecule has 0 saturated carbocycles. The molecule has 66 valence electrons. The second-order valence-corrected chi connectivity index (χ2v) is 3.16. The van der Waals surface area contributed by atoms with Crippen molar-refractivity contribution >= 4 is 17.3 Å². The Bertz CT molecular complexity index is 466. The summed E-state index contributed by atoms with van der Waals surface area (Å²) in [5, 5.41) is 1.03. The van der Waals surface area contributed by atoms with E-state index in [1.807, 2.05) is 26.0 Å². The van der Waals surface area contributed by atoms with Crippen LogP contribution in [0.2, 0.25) is 0 Å². The van der Waals surface area contributed by atoms with Crippen molar-refractivity contribution in [3.63, 3.8) is 0 Å². The molecule has 0 aliphatic carbocycles. The number of hydrogen-bond acceptors (Lipinski definition) is 2. The number of carbonyl (C=O) groups is 1. The van der Waals surface area contributed by atoms with Crippen LogP contribution >= 0.6 is 0 Å². The maximum absolute atomic E-state index is 10.5. The highest BCUT2D eigenvalue weighted by molar-refractivity contribution is 5.88. The average Bonchev–Trinajstić information content (AvgIpc) is 2.43. The van der Waals surface area contributed by atoms with E-state index in [0.29, 0.717) is 5.56 Å². The minimum Gasteiger partial charge on any atom is -0.461 e. The lowest BCUT2D eigenvalue weighted by Gasteiger charge is -1.90. The van der Waals surface area contributed by atoms with Crippen molar-refractivity contribution in [1.29, 1.82) is 0 Å². The van der Waals surface area contributed by atoms with Gasteiger partial charge in [-0.25, -0.2) is 0 Å². The van der Waals surface area contributed by atoms with Crippen LogP contribution in [-0.2, 0) is 0 Å². The van der Waals surface area contributed by atoms with E-state index in [2.05, 4.69) is 0 Å². The van der Waals surface area contributed by atoms with Gasteiger partial charge in [-0.3, -0.25) is 4.79 Å². The topological polar surface area (TPSA) is 30.2 Å². The molecule has 0 saturated heterocycles. The molecule has 0 unspecified atom stereocenters. The second-order valence-electron chi connectivity index (χ2n) is 3.16. The van der Waals surface area contributed by atoms with Crippen LogP contribution < -0.4 is 0 Å². The van der Waals surface area contributed by atoms with E-state index in [1.54, 1.807) is 6.07 Å². The fourth-order valence-corrected chi connectivity index (χ4v) is 1.43. The van der Waals surface area contributed by atoms with Gasteiger partial charge in [0.2, 0.25) is 0 Å². The molecule has 2 nitrogen and oxygen atoms in total. The van der Waals surface area contributed by atoms with Gasteiger partial charge in [0.25, 0.3) is 0 Å². The predicted octanol–water partition coefficient (Wildman–Crippen LogP) is 2.86. The molecule has 0 fully saturated rings. The van der Waals surface area contributed by atoms with Crippen LogP contribution in [0.3, 0.4) is 0 Å². The van der Waals surface area contributed by atoms with Gasteiger partial charge in [-0.2, -0.15) is 0 Å². The van der Waals surface area contributed by atoms with Gasteiger partial charge in [-0.1, -0.05) is 0 Å². The molecular formula is C11H10O2. The van der Waals surface area contributed by atoms with Gasteiger partial charge in [0.05, 0.1) is 0 Å². The van der Waals surface area contributed by atoms with E-state index < -0.39 is 0 Å². The molecule has 1 aromatic heterocycles. The molecule has 0 atom stereocenters. The predicted molar refractivity (Wildman–Crippen MR) is 51.1 cm³/mol. The van der Waals surface area contributed by atoms with Crippen molar-refractivity contribution < 1.29 is 9.21 Å². The van der Waals surface area contributed by atoms with Crippen LogP contribution in [-0.4, -0.2) is 6.29 Å². The molecule has 2 rings (SSSR count). The fourth-order valence-electron chi connectivity index (χ4n) is 1.43. The molecule has 0 radical (unpaired) electrons. The second kappa shape index (κ2) is 2.73. The smallest absolute Gasteiger partial charge is 0.150 e. The van der Waals surface area contributed by atoms with Crippen LogP contribution in [0.5, 0.6) is 0 Å². The van der Waals surface area contributed by atoms with Crippen LogP contribution in [0.15, 0.2) is 22.6 Å². The van der Waals surface area contributed by atoms with E-state index in [-0.39, 0.29) is 0 Å². The first-order valence-corrected chi connectivity index (χ1v) is 4.17. The zero-order valence-corrected chi connectivity index (χ0v) is 7.63. The van der Waals surface area contributed by atoms with Crippen molar-refractivity contribution in [2.45, 2.75) is 13.8 Å². The van der Waals surface area contributed by atoms with Gasteiger partial charge >= 0.3 is 0 Å².